The van der Waals surface area contributed by atoms with Gasteiger partial charge in [0.15, 0.2) is 0 Å². The summed E-state index contributed by atoms with van der Waals surface area (Å²) >= 11 is 0. The Morgan fingerprint density at radius 2 is 1.79 bits per heavy atom. The number of hydrogen-bond donors (Lipinski definition) is 0. The molecule has 0 saturated carbocycles. The molecule has 0 fully saturated rings. The smallest absolute Gasteiger partial charge is 0.325 e. The van der Waals surface area contributed by atoms with Crippen LogP contribution >= 0.6 is 0 Å². The number of hydrogen-bond acceptors (Lipinski definition) is 2. The van der Waals surface area contributed by atoms with E-state index in [0.717, 1.165) is 11.1 Å². The Kier molecular flexibility index (Phi) is 2.04. The molecule has 1 aromatic carbocycles. The molecule has 0 aromatic heterocycles. The molecule has 0 aliphatic carbocycles. The maximum Gasteiger partial charge on any atom is 0.325 e. The highest BCUT2D eigenvalue weighted by Crippen LogP contribution is 2.27. The van der Waals surface area contributed by atoms with Gasteiger partial charge in [-0.05, 0) is 24.4 Å². The van der Waals surface area contributed by atoms with E-state index < -0.39 is 8.32 Å². The van der Waals surface area contributed by atoms with Gasteiger partial charge in [-0.25, -0.2) is 4.79 Å². The first-order chi connectivity index (χ1) is 6.58. The topological polar surface area (TPSA) is 26.3 Å². The molecule has 1 aromatic rings. The zero-order chi connectivity index (χ0) is 10.2. The molecule has 0 spiro atoms. The van der Waals surface area contributed by atoms with Crippen LogP contribution in [0.5, 0.6) is 0 Å². The minimum atomic E-state index is -1.86. The second-order valence-corrected chi connectivity index (χ2v) is 7.62. The van der Waals surface area contributed by atoms with Crippen LogP contribution in [-0.2, 0) is 9.22 Å². The lowest BCUT2D eigenvalue weighted by atomic mass is 10.1. The molecule has 0 bridgehead atoms. The van der Waals surface area contributed by atoms with E-state index in [2.05, 4.69) is 0 Å². The Bertz CT molecular complexity index is 393. The normalized spacial score (nSPS) is 19.0. The van der Waals surface area contributed by atoms with Gasteiger partial charge < -0.3 is 4.43 Å². The van der Waals surface area contributed by atoms with Crippen LogP contribution in [0.15, 0.2) is 36.0 Å². The maximum atomic E-state index is 11.5. The SMILES string of the molecule is C[Si]1(C)C=C(c2ccccc2)C(=O)O1. The van der Waals surface area contributed by atoms with E-state index in [4.69, 9.17) is 4.43 Å². The van der Waals surface area contributed by atoms with Crippen molar-refractivity contribution in [2.45, 2.75) is 13.1 Å². The number of benzene rings is 1. The van der Waals surface area contributed by atoms with Crippen LogP contribution in [0.3, 0.4) is 0 Å². The second kappa shape index (κ2) is 3.10. The van der Waals surface area contributed by atoms with Gasteiger partial charge in [0.1, 0.15) is 0 Å². The highest BCUT2D eigenvalue weighted by molar-refractivity contribution is 6.82. The summed E-state index contributed by atoms with van der Waals surface area (Å²) in [5.41, 5.74) is 3.68. The summed E-state index contributed by atoms with van der Waals surface area (Å²) in [4.78, 5) is 11.5. The molecule has 3 heteroatoms. The van der Waals surface area contributed by atoms with Crippen molar-refractivity contribution in [3.05, 3.63) is 41.6 Å². The van der Waals surface area contributed by atoms with E-state index in [0.29, 0.717) is 0 Å². The average Bonchev–Trinajstić information content (AvgIpc) is 2.41. The van der Waals surface area contributed by atoms with Gasteiger partial charge in [0.25, 0.3) is 8.32 Å². The number of carbonyl (C=O) groups excluding carboxylic acids is 1. The van der Waals surface area contributed by atoms with E-state index in [9.17, 15) is 4.79 Å². The third-order valence-corrected chi connectivity index (χ3v) is 3.85. The minimum Gasteiger partial charge on any atom is -0.512 e. The van der Waals surface area contributed by atoms with Crippen LogP contribution in [0, 0.1) is 0 Å². The zero-order valence-electron chi connectivity index (χ0n) is 8.28. The van der Waals surface area contributed by atoms with Crippen LogP contribution in [-0.4, -0.2) is 14.3 Å². The second-order valence-electron chi connectivity index (χ2n) is 3.92. The van der Waals surface area contributed by atoms with Gasteiger partial charge in [-0.1, -0.05) is 30.3 Å². The van der Waals surface area contributed by atoms with Crippen molar-refractivity contribution in [2.24, 2.45) is 0 Å². The zero-order valence-corrected chi connectivity index (χ0v) is 9.28. The van der Waals surface area contributed by atoms with E-state index in [1.807, 2.05) is 49.1 Å². The van der Waals surface area contributed by atoms with Crippen LogP contribution in [0.4, 0.5) is 0 Å². The standard InChI is InChI=1S/C11H12O2Si/c1-14(2)8-10(11(12)13-14)9-6-4-3-5-7-9/h3-8H,1-2H3. The summed E-state index contributed by atoms with van der Waals surface area (Å²) in [6, 6.07) is 9.66. The first-order valence-corrected chi connectivity index (χ1v) is 7.59. The highest BCUT2D eigenvalue weighted by atomic mass is 28.4. The molecule has 0 radical (unpaired) electrons. The molecule has 72 valence electrons. The molecular weight excluding hydrogens is 192 g/mol. The first-order valence-electron chi connectivity index (χ1n) is 4.60. The lowest BCUT2D eigenvalue weighted by Crippen LogP contribution is -2.24. The molecule has 0 saturated heterocycles. The third-order valence-electron chi connectivity index (χ3n) is 2.15. The Balaban J connectivity index is 2.42. The summed E-state index contributed by atoms with van der Waals surface area (Å²) in [6.45, 7) is 4.03. The van der Waals surface area contributed by atoms with Crippen molar-refractivity contribution < 1.29 is 9.22 Å². The molecule has 0 N–H and O–H groups in total. The van der Waals surface area contributed by atoms with Crippen molar-refractivity contribution in [1.82, 2.24) is 0 Å². The van der Waals surface area contributed by atoms with Crippen molar-refractivity contribution in [3.8, 4) is 0 Å². The first kappa shape index (κ1) is 9.21. The van der Waals surface area contributed by atoms with Gasteiger partial charge >= 0.3 is 5.97 Å². The van der Waals surface area contributed by atoms with Crippen molar-refractivity contribution in [3.63, 3.8) is 0 Å². The fourth-order valence-corrected chi connectivity index (χ4v) is 3.18. The Hall–Kier alpha value is -1.35. The van der Waals surface area contributed by atoms with E-state index in [1.54, 1.807) is 0 Å². The predicted octanol–water partition coefficient (Wildman–Crippen LogP) is 2.37. The molecule has 2 nitrogen and oxygen atoms in total. The summed E-state index contributed by atoms with van der Waals surface area (Å²) in [6.07, 6.45) is 0. The third kappa shape index (κ3) is 1.63. The molecule has 0 atom stereocenters. The molecule has 0 unspecified atom stereocenters. The lowest BCUT2D eigenvalue weighted by Gasteiger charge is -2.09. The number of carbonyl (C=O) groups is 1. The van der Waals surface area contributed by atoms with Crippen molar-refractivity contribution in [1.29, 1.82) is 0 Å². The van der Waals surface area contributed by atoms with Crippen molar-refractivity contribution in [2.75, 3.05) is 0 Å². The van der Waals surface area contributed by atoms with Gasteiger partial charge in [0.2, 0.25) is 0 Å². The average molecular weight is 204 g/mol. The van der Waals surface area contributed by atoms with Crippen LogP contribution in [0.1, 0.15) is 5.56 Å². The van der Waals surface area contributed by atoms with Gasteiger partial charge in [-0.2, -0.15) is 0 Å². The maximum absolute atomic E-state index is 11.5. The molecule has 1 aliphatic heterocycles. The van der Waals surface area contributed by atoms with Gasteiger partial charge in [-0.3, -0.25) is 0 Å². The van der Waals surface area contributed by atoms with Gasteiger partial charge in [-0.15, -0.1) is 0 Å². The molecule has 2 rings (SSSR count). The monoisotopic (exact) mass is 204 g/mol. The summed E-state index contributed by atoms with van der Waals surface area (Å²) < 4.78 is 5.32. The summed E-state index contributed by atoms with van der Waals surface area (Å²) in [7, 11) is -1.86. The van der Waals surface area contributed by atoms with Gasteiger partial charge in [0.05, 0.1) is 5.57 Å². The molecule has 1 heterocycles. The van der Waals surface area contributed by atoms with E-state index >= 15 is 0 Å². The van der Waals surface area contributed by atoms with Gasteiger partial charge in [0, 0.05) is 0 Å². The van der Waals surface area contributed by atoms with E-state index in [-0.39, 0.29) is 5.97 Å². The summed E-state index contributed by atoms with van der Waals surface area (Å²) in [5, 5.41) is 0. The van der Waals surface area contributed by atoms with Crippen LogP contribution < -0.4 is 0 Å². The highest BCUT2D eigenvalue weighted by Gasteiger charge is 2.34. The van der Waals surface area contributed by atoms with Crippen LogP contribution in [0.2, 0.25) is 13.1 Å². The molecule has 0 amide bonds. The molecule has 14 heavy (non-hydrogen) atoms. The molecular formula is C11H12O2Si. The minimum absolute atomic E-state index is 0.173. The fourth-order valence-electron chi connectivity index (χ4n) is 1.55. The molecule has 1 aliphatic rings. The Morgan fingerprint density at radius 1 is 1.14 bits per heavy atom. The number of rotatable bonds is 1. The Labute approximate surface area is 84.3 Å². The fraction of sp³-hybridized carbons (Fsp3) is 0.182. The lowest BCUT2D eigenvalue weighted by molar-refractivity contribution is -0.127. The largest absolute Gasteiger partial charge is 0.512 e. The summed E-state index contributed by atoms with van der Waals surface area (Å²) in [5.74, 6) is -0.173. The quantitative estimate of drug-likeness (QED) is 0.656. The van der Waals surface area contributed by atoms with E-state index in [1.165, 1.54) is 0 Å². The van der Waals surface area contributed by atoms with Crippen molar-refractivity contribution >= 4 is 19.9 Å². The Morgan fingerprint density at radius 3 is 2.29 bits per heavy atom. The predicted molar refractivity (Wildman–Crippen MR) is 58.0 cm³/mol. The van der Waals surface area contributed by atoms with Crippen LogP contribution in [0.25, 0.3) is 5.57 Å².